The van der Waals surface area contributed by atoms with Crippen LogP contribution in [0.1, 0.15) is 32.7 Å². The Bertz CT molecular complexity index is 1430. The number of hydrogen-bond acceptors (Lipinski definition) is 5. The van der Waals surface area contributed by atoms with E-state index in [1.54, 1.807) is 18.2 Å². The van der Waals surface area contributed by atoms with E-state index in [0.717, 1.165) is 16.7 Å². The van der Waals surface area contributed by atoms with Crippen molar-refractivity contribution >= 4 is 34.2 Å². The highest BCUT2D eigenvalue weighted by molar-refractivity contribution is 6.06. The highest BCUT2D eigenvalue weighted by Crippen LogP contribution is 2.34. The minimum atomic E-state index is -0.980. The monoisotopic (exact) mass is 451 g/mol. The van der Waals surface area contributed by atoms with Gasteiger partial charge in [-0.3, -0.25) is 15.0 Å². The summed E-state index contributed by atoms with van der Waals surface area (Å²) in [6, 6.07) is 23.6. The Morgan fingerprint density at radius 3 is 2.41 bits per heavy atom. The smallest absolute Gasteiger partial charge is 0.336 e. The van der Waals surface area contributed by atoms with Gasteiger partial charge in [-0.25, -0.2) is 9.78 Å². The number of para-hydroxylation sites is 1. The van der Waals surface area contributed by atoms with Crippen LogP contribution in [0.2, 0.25) is 0 Å². The number of nitro groups is 1. The lowest BCUT2D eigenvalue weighted by molar-refractivity contribution is -0.384. The van der Waals surface area contributed by atoms with Gasteiger partial charge in [-0.05, 0) is 41.0 Å². The molecule has 0 amide bonds. The number of aromatic nitrogens is 1. The molecule has 0 aliphatic carbocycles. The number of hydrogen-bond donors (Lipinski definition) is 1. The van der Waals surface area contributed by atoms with Gasteiger partial charge in [0.15, 0.2) is 0 Å². The molecular weight excluding hydrogens is 430 g/mol. The lowest BCUT2D eigenvalue weighted by atomic mass is 9.91. The number of pyridine rings is 1. The number of nitrogens with zero attached hydrogens (tertiary/aromatic N) is 3. The number of non-ortho nitro benzene ring substituents is 1. The van der Waals surface area contributed by atoms with Gasteiger partial charge < -0.3 is 5.11 Å². The van der Waals surface area contributed by atoms with Gasteiger partial charge in [0, 0.05) is 42.7 Å². The zero-order chi connectivity index (χ0) is 23.7. The van der Waals surface area contributed by atoms with Crippen molar-refractivity contribution in [2.24, 2.45) is 0 Å². The molecule has 0 atom stereocenters. The summed E-state index contributed by atoms with van der Waals surface area (Å²) in [7, 11) is 0. The van der Waals surface area contributed by atoms with Gasteiger partial charge in [0.2, 0.25) is 0 Å². The molecule has 1 aromatic heterocycles. The molecule has 0 bridgehead atoms. The number of nitro benzene ring substituents is 1. The first kappa shape index (κ1) is 21.5. The number of benzene rings is 3. The van der Waals surface area contributed by atoms with Crippen molar-refractivity contribution in [3.8, 4) is 0 Å². The molecular formula is C27H21N3O4. The van der Waals surface area contributed by atoms with Gasteiger partial charge in [0.1, 0.15) is 0 Å². The number of aromatic carboxylic acids is 1. The summed E-state index contributed by atoms with van der Waals surface area (Å²) in [4.78, 5) is 30.0. The zero-order valence-corrected chi connectivity index (χ0v) is 18.2. The standard InChI is InChI=1S/C27H21N3O4/c31-27(32)25-22-8-4-5-9-24(22)28-26-20(14-18-10-12-21(13-11-18)30(33)34)16-29(17-23(25)26)15-19-6-2-1-3-7-19/h1-14H,15-17H2,(H,31,32)/b20-14+. The second-order valence-corrected chi connectivity index (χ2v) is 8.29. The summed E-state index contributed by atoms with van der Waals surface area (Å²) >= 11 is 0. The molecule has 0 unspecified atom stereocenters. The fourth-order valence-electron chi connectivity index (χ4n) is 4.47. The molecule has 34 heavy (non-hydrogen) atoms. The van der Waals surface area contributed by atoms with Crippen molar-refractivity contribution in [2.75, 3.05) is 6.54 Å². The van der Waals surface area contributed by atoms with E-state index < -0.39 is 10.9 Å². The van der Waals surface area contributed by atoms with Crippen LogP contribution in [0.4, 0.5) is 5.69 Å². The van der Waals surface area contributed by atoms with E-state index in [0.29, 0.717) is 41.8 Å². The maximum absolute atomic E-state index is 12.4. The molecule has 1 N–H and O–H groups in total. The van der Waals surface area contributed by atoms with Crippen LogP contribution in [0.25, 0.3) is 22.6 Å². The fourth-order valence-corrected chi connectivity index (χ4v) is 4.47. The number of carbonyl (C=O) groups is 1. The first-order chi connectivity index (χ1) is 16.5. The van der Waals surface area contributed by atoms with Crippen molar-refractivity contribution < 1.29 is 14.8 Å². The van der Waals surface area contributed by atoms with E-state index in [9.17, 15) is 20.0 Å². The second-order valence-electron chi connectivity index (χ2n) is 8.29. The summed E-state index contributed by atoms with van der Waals surface area (Å²) in [6.45, 7) is 1.69. The lowest BCUT2D eigenvalue weighted by Crippen LogP contribution is -2.31. The van der Waals surface area contributed by atoms with Gasteiger partial charge in [-0.2, -0.15) is 0 Å². The maximum Gasteiger partial charge on any atom is 0.336 e. The van der Waals surface area contributed by atoms with Gasteiger partial charge in [0.05, 0.1) is 21.7 Å². The van der Waals surface area contributed by atoms with Crippen LogP contribution in [0.3, 0.4) is 0 Å². The molecule has 1 aliphatic heterocycles. The van der Waals surface area contributed by atoms with E-state index >= 15 is 0 Å². The quantitative estimate of drug-likeness (QED) is 0.322. The average Bonchev–Trinajstić information content (AvgIpc) is 2.83. The topological polar surface area (TPSA) is 96.6 Å². The minimum Gasteiger partial charge on any atom is -0.478 e. The predicted octanol–water partition coefficient (Wildman–Crippen LogP) is 5.40. The predicted molar refractivity (Wildman–Crippen MR) is 130 cm³/mol. The van der Waals surface area contributed by atoms with Crippen LogP contribution in [-0.2, 0) is 13.1 Å². The molecule has 0 fully saturated rings. The Kier molecular flexibility index (Phi) is 5.61. The van der Waals surface area contributed by atoms with Crippen LogP contribution >= 0.6 is 0 Å². The first-order valence-corrected chi connectivity index (χ1v) is 10.9. The van der Waals surface area contributed by atoms with E-state index in [1.165, 1.54) is 12.1 Å². The Morgan fingerprint density at radius 2 is 1.71 bits per heavy atom. The van der Waals surface area contributed by atoms with Crippen molar-refractivity contribution in [1.82, 2.24) is 9.88 Å². The third-order valence-corrected chi connectivity index (χ3v) is 5.98. The number of fused-ring (bicyclic) bond motifs is 2. The Labute approximate surface area is 195 Å². The average molecular weight is 451 g/mol. The molecule has 3 aromatic carbocycles. The molecule has 0 spiro atoms. The molecule has 7 nitrogen and oxygen atoms in total. The molecule has 7 heteroatoms. The van der Waals surface area contributed by atoms with E-state index in [4.69, 9.17) is 4.98 Å². The van der Waals surface area contributed by atoms with Gasteiger partial charge in [0.25, 0.3) is 5.69 Å². The Balaban J connectivity index is 1.66. The van der Waals surface area contributed by atoms with Crippen molar-refractivity contribution in [3.05, 3.63) is 117 Å². The van der Waals surface area contributed by atoms with Gasteiger partial charge in [-0.1, -0.05) is 48.5 Å². The highest BCUT2D eigenvalue weighted by Gasteiger charge is 2.28. The molecule has 0 saturated heterocycles. The summed E-state index contributed by atoms with van der Waals surface area (Å²) in [5.41, 5.74) is 5.07. The Hall–Kier alpha value is -4.36. The lowest BCUT2D eigenvalue weighted by Gasteiger charge is -2.31. The van der Waals surface area contributed by atoms with Crippen molar-refractivity contribution in [2.45, 2.75) is 13.1 Å². The van der Waals surface area contributed by atoms with Gasteiger partial charge >= 0.3 is 5.97 Å². The third kappa shape index (κ3) is 4.16. The van der Waals surface area contributed by atoms with Crippen molar-refractivity contribution in [1.29, 1.82) is 0 Å². The Morgan fingerprint density at radius 1 is 1.00 bits per heavy atom. The highest BCUT2D eigenvalue weighted by atomic mass is 16.6. The van der Waals surface area contributed by atoms with Crippen LogP contribution in [0.15, 0.2) is 78.9 Å². The summed E-state index contributed by atoms with van der Waals surface area (Å²) in [6.07, 6.45) is 1.94. The fraction of sp³-hybridized carbons (Fsp3) is 0.111. The summed E-state index contributed by atoms with van der Waals surface area (Å²) in [5, 5.41) is 21.8. The molecule has 4 aromatic rings. The maximum atomic E-state index is 12.4. The largest absolute Gasteiger partial charge is 0.478 e. The zero-order valence-electron chi connectivity index (χ0n) is 18.2. The first-order valence-electron chi connectivity index (χ1n) is 10.9. The van der Waals surface area contributed by atoms with Gasteiger partial charge in [-0.15, -0.1) is 0 Å². The van der Waals surface area contributed by atoms with Crippen LogP contribution in [-0.4, -0.2) is 32.4 Å². The summed E-state index contributed by atoms with van der Waals surface area (Å²) < 4.78 is 0. The number of carboxylic acid groups (broad SMARTS) is 1. The minimum absolute atomic E-state index is 0.0224. The van der Waals surface area contributed by atoms with Crippen LogP contribution in [0, 0.1) is 10.1 Å². The van der Waals surface area contributed by atoms with E-state index in [2.05, 4.69) is 4.90 Å². The molecule has 0 radical (unpaired) electrons. The second kappa shape index (κ2) is 8.88. The molecule has 0 saturated carbocycles. The third-order valence-electron chi connectivity index (χ3n) is 5.98. The molecule has 2 heterocycles. The van der Waals surface area contributed by atoms with E-state index in [1.807, 2.05) is 54.6 Å². The van der Waals surface area contributed by atoms with E-state index in [-0.39, 0.29) is 11.3 Å². The number of rotatable bonds is 5. The van der Waals surface area contributed by atoms with Crippen molar-refractivity contribution in [3.63, 3.8) is 0 Å². The number of carboxylic acids is 1. The normalized spacial score (nSPS) is 14.8. The molecule has 5 rings (SSSR count). The molecule has 168 valence electrons. The molecule has 1 aliphatic rings. The SMILES string of the molecule is O=C(O)c1c2c(nc3ccccc13)/C(=C/c1ccc([N+](=O)[O-])cc1)CN(Cc1ccccc1)C2. The van der Waals surface area contributed by atoms with Crippen LogP contribution < -0.4 is 0 Å². The van der Waals surface area contributed by atoms with Crippen LogP contribution in [0.5, 0.6) is 0 Å². The summed E-state index contributed by atoms with van der Waals surface area (Å²) in [5.74, 6) is -0.980.